The highest BCUT2D eigenvalue weighted by atomic mass is 16.1. The lowest BCUT2D eigenvalue weighted by atomic mass is 9.74. The van der Waals surface area contributed by atoms with Crippen molar-refractivity contribution in [2.75, 3.05) is 0 Å². The van der Waals surface area contributed by atoms with Crippen LogP contribution in [0.1, 0.15) is 47.0 Å². The Morgan fingerprint density at radius 2 is 2.13 bits per heavy atom. The molecule has 0 radical (unpaired) electrons. The third kappa shape index (κ3) is 3.48. The molecule has 0 spiro atoms. The standard InChI is InChI=1S/C14H24O/c1-10(2)14-6-5-13(8-12(14)4)7-11(3)9-15/h5,9-12,14H,6-8H2,1-4H3/t11?,12-,14-/m1/s1. The van der Waals surface area contributed by atoms with Gasteiger partial charge in [0.05, 0.1) is 0 Å². The smallest absolute Gasteiger partial charge is 0.123 e. The van der Waals surface area contributed by atoms with Gasteiger partial charge in [-0.1, -0.05) is 39.3 Å². The maximum absolute atomic E-state index is 10.6. The first kappa shape index (κ1) is 12.5. The van der Waals surface area contributed by atoms with Crippen LogP contribution in [0.3, 0.4) is 0 Å². The molecule has 1 rings (SSSR count). The van der Waals surface area contributed by atoms with Crippen molar-refractivity contribution in [3.63, 3.8) is 0 Å². The van der Waals surface area contributed by atoms with Gasteiger partial charge in [-0.15, -0.1) is 0 Å². The van der Waals surface area contributed by atoms with Crippen LogP contribution >= 0.6 is 0 Å². The van der Waals surface area contributed by atoms with Crippen LogP contribution < -0.4 is 0 Å². The minimum absolute atomic E-state index is 0.194. The molecule has 0 aliphatic heterocycles. The quantitative estimate of drug-likeness (QED) is 0.507. The van der Waals surface area contributed by atoms with Gasteiger partial charge < -0.3 is 4.79 Å². The number of rotatable bonds is 4. The molecule has 86 valence electrons. The molecule has 3 atom stereocenters. The van der Waals surface area contributed by atoms with E-state index in [1.54, 1.807) is 0 Å². The molecular formula is C14H24O. The Balaban J connectivity index is 2.55. The van der Waals surface area contributed by atoms with Crippen molar-refractivity contribution in [2.24, 2.45) is 23.7 Å². The average Bonchev–Trinajstić information content (AvgIpc) is 2.17. The molecule has 1 heteroatoms. The van der Waals surface area contributed by atoms with E-state index in [0.717, 1.165) is 30.5 Å². The number of allylic oxidation sites excluding steroid dienone is 2. The summed E-state index contributed by atoms with van der Waals surface area (Å²) in [5.74, 6) is 2.59. The maximum Gasteiger partial charge on any atom is 0.123 e. The molecule has 15 heavy (non-hydrogen) atoms. The van der Waals surface area contributed by atoms with Crippen LogP contribution in [0.2, 0.25) is 0 Å². The van der Waals surface area contributed by atoms with E-state index >= 15 is 0 Å². The van der Waals surface area contributed by atoms with Crippen LogP contribution in [0.25, 0.3) is 0 Å². The summed E-state index contributed by atoms with van der Waals surface area (Å²) < 4.78 is 0. The molecule has 0 heterocycles. The molecule has 0 aromatic carbocycles. The number of hydrogen-bond acceptors (Lipinski definition) is 1. The third-order valence-electron chi connectivity index (χ3n) is 3.67. The number of carbonyl (C=O) groups excluding carboxylic acids is 1. The van der Waals surface area contributed by atoms with E-state index in [-0.39, 0.29) is 5.92 Å². The lowest BCUT2D eigenvalue weighted by Crippen LogP contribution is -2.21. The molecule has 0 N–H and O–H groups in total. The van der Waals surface area contributed by atoms with Crippen LogP contribution in [-0.4, -0.2) is 6.29 Å². The molecule has 1 nitrogen and oxygen atoms in total. The highest BCUT2D eigenvalue weighted by molar-refractivity contribution is 5.53. The van der Waals surface area contributed by atoms with Crippen molar-refractivity contribution in [1.29, 1.82) is 0 Å². The van der Waals surface area contributed by atoms with Gasteiger partial charge in [0.15, 0.2) is 0 Å². The summed E-state index contributed by atoms with van der Waals surface area (Å²) >= 11 is 0. The third-order valence-corrected chi connectivity index (χ3v) is 3.67. The monoisotopic (exact) mass is 208 g/mol. The predicted octanol–water partition coefficient (Wildman–Crippen LogP) is 3.84. The summed E-state index contributed by atoms with van der Waals surface area (Å²) in [5.41, 5.74) is 1.50. The molecule has 0 saturated heterocycles. The Morgan fingerprint density at radius 3 is 2.60 bits per heavy atom. The Hall–Kier alpha value is -0.590. The van der Waals surface area contributed by atoms with E-state index in [9.17, 15) is 4.79 Å². The summed E-state index contributed by atoms with van der Waals surface area (Å²) in [6.45, 7) is 8.98. The molecule has 0 fully saturated rings. The maximum atomic E-state index is 10.6. The molecule has 0 saturated carbocycles. The largest absolute Gasteiger partial charge is 0.303 e. The van der Waals surface area contributed by atoms with Crippen LogP contribution in [0, 0.1) is 23.7 Å². The molecule has 1 aliphatic carbocycles. The van der Waals surface area contributed by atoms with Gasteiger partial charge in [0.2, 0.25) is 0 Å². The first-order valence-corrected chi connectivity index (χ1v) is 6.17. The van der Waals surface area contributed by atoms with Crippen molar-refractivity contribution in [3.8, 4) is 0 Å². The average molecular weight is 208 g/mol. The van der Waals surface area contributed by atoms with E-state index in [1.807, 2.05) is 6.92 Å². The molecule has 1 unspecified atom stereocenters. The van der Waals surface area contributed by atoms with Gasteiger partial charge in [0.1, 0.15) is 6.29 Å². The molecule has 0 amide bonds. The van der Waals surface area contributed by atoms with Gasteiger partial charge in [-0.25, -0.2) is 0 Å². The van der Waals surface area contributed by atoms with E-state index < -0.39 is 0 Å². The molecule has 0 aromatic rings. The lowest BCUT2D eigenvalue weighted by Gasteiger charge is -2.32. The summed E-state index contributed by atoms with van der Waals surface area (Å²) in [6, 6.07) is 0. The van der Waals surface area contributed by atoms with Crippen LogP contribution in [0.5, 0.6) is 0 Å². The summed E-state index contributed by atoms with van der Waals surface area (Å²) in [6.07, 6.45) is 6.82. The highest BCUT2D eigenvalue weighted by Gasteiger charge is 2.24. The fourth-order valence-electron chi connectivity index (χ4n) is 2.74. The van der Waals surface area contributed by atoms with Crippen LogP contribution in [0.15, 0.2) is 11.6 Å². The fraction of sp³-hybridized carbons (Fsp3) is 0.786. The fourth-order valence-corrected chi connectivity index (χ4v) is 2.74. The second-order valence-corrected chi connectivity index (χ2v) is 5.50. The number of carbonyl (C=O) groups is 1. The SMILES string of the molecule is CC(C=O)CC1=CC[C@H](C(C)C)[C@H](C)C1. The first-order valence-electron chi connectivity index (χ1n) is 6.17. The van der Waals surface area contributed by atoms with Crippen molar-refractivity contribution in [1.82, 2.24) is 0 Å². The van der Waals surface area contributed by atoms with Gasteiger partial charge in [-0.05, 0) is 37.0 Å². The van der Waals surface area contributed by atoms with Crippen molar-refractivity contribution in [3.05, 3.63) is 11.6 Å². The van der Waals surface area contributed by atoms with Crippen LogP contribution in [-0.2, 0) is 4.79 Å². The van der Waals surface area contributed by atoms with E-state index in [1.165, 1.54) is 18.4 Å². The number of aldehydes is 1. The first-order chi connectivity index (χ1) is 7.04. The van der Waals surface area contributed by atoms with Gasteiger partial charge >= 0.3 is 0 Å². The zero-order chi connectivity index (χ0) is 11.4. The summed E-state index contributed by atoms with van der Waals surface area (Å²) in [4.78, 5) is 10.6. The molecule has 1 aliphatic rings. The Bertz CT molecular complexity index is 240. The Labute approximate surface area is 93.9 Å². The molecule has 0 aromatic heterocycles. The zero-order valence-electron chi connectivity index (χ0n) is 10.5. The normalized spacial score (nSPS) is 28.7. The van der Waals surface area contributed by atoms with Gasteiger partial charge in [-0.2, -0.15) is 0 Å². The predicted molar refractivity (Wildman–Crippen MR) is 64.7 cm³/mol. The van der Waals surface area contributed by atoms with E-state index in [0.29, 0.717) is 0 Å². The zero-order valence-corrected chi connectivity index (χ0v) is 10.5. The van der Waals surface area contributed by atoms with Gasteiger partial charge in [0.25, 0.3) is 0 Å². The second kappa shape index (κ2) is 5.48. The summed E-state index contributed by atoms with van der Waals surface area (Å²) in [7, 11) is 0. The number of hydrogen-bond donors (Lipinski definition) is 0. The Morgan fingerprint density at radius 1 is 1.47 bits per heavy atom. The topological polar surface area (TPSA) is 17.1 Å². The highest BCUT2D eigenvalue weighted by Crippen LogP contribution is 2.35. The minimum Gasteiger partial charge on any atom is -0.303 e. The second-order valence-electron chi connectivity index (χ2n) is 5.50. The summed E-state index contributed by atoms with van der Waals surface area (Å²) in [5, 5.41) is 0. The van der Waals surface area contributed by atoms with Crippen molar-refractivity contribution < 1.29 is 4.79 Å². The van der Waals surface area contributed by atoms with Gasteiger partial charge in [-0.3, -0.25) is 0 Å². The molecule has 0 bridgehead atoms. The van der Waals surface area contributed by atoms with E-state index in [4.69, 9.17) is 0 Å². The lowest BCUT2D eigenvalue weighted by molar-refractivity contribution is -0.110. The van der Waals surface area contributed by atoms with Gasteiger partial charge in [0, 0.05) is 5.92 Å². The van der Waals surface area contributed by atoms with E-state index in [2.05, 4.69) is 26.8 Å². The van der Waals surface area contributed by atoms with Crippen LogP contribution in [0.4, 0.5) is 0 Å². The minimum atomic E-state index is 0.194. The Kier molecular flexibility index (Phi) is 4.56. The van der Waals surface area contributed by atoms with Crippen molar-refractivity contribution in [2.45, 2.75) is 47.0 Å². The van der Waals surface area contributed by atoms with Crippen molar-refractivity contribution >= 4 is 6.29 Å². The molecular weight excluding hydrogens is 184 g/mol.